The Bertz CT molecular complexity index is 1140. The van der Waals surface area contributed by atoms with Gasteiger partial charge >= 0.3 is 0 Å². The van der Waals surface area contributed by atoms with E-state index >= 15 is 0 Å². The highest BCUT2D eigenvalue weighted by Gasteiger charge is 2.32. The van der Waals surface area contributed by atoms with Crippen LogP contribution in [0, 0.1) is 12.7 Å². The van der Waals surface area contributed by atoms with Gasteiger partial charge in [-0.2, -0.15) is 0 Å². The summed E-state index contributed by atoms with van der Waals surface area (Å²) < 4.78 is 21.0. The zero-order valence-corrected chi connectivity index (χ0v) is 18.9. The van der Waals surface area contributed by atoms with Crippen LogP contribution in [0.4, 0.5) is 10.2 Å². The Labute approximate surface area is 192 Å². The normalized spacial score (nSPS) is 15.5. The maximum atomic E-state index is 14.2. The fourth-order valence-corrected chi connectivity index (χ4v) is 4.47. The Hall–Kier alpha value is -3.23. The fourth-order valence-electron chi connectivity index (χ4n) is 4.47. The van der Waals surface area contributed by atoms with Gasteiger partial charge in [-0.05, 0) is 42.8 Å². The van der Waals surface area contributed by atoms with Crippen LogP contribution in [0.5, 0.6) is 5.75 Å². The quantitative estimate of drug-likeness (QED) is 0.595. The van der Waals surface area contributed by atoms with Crippen LogP contribution in [0.1, 0.15) is 22.9 Å². The van der Waals surface area contributed by atoms with Gasteiger partial charge < -0.3 is 19.3 Å². The molecule has 1 aromatic carbocycles. The molecule has 0 unspecified atom stereocenters. The van der Waals surface area contributed by atoms with E-state index in [-0.39, 0.29) is 22.7 Å². The Morgan fingerprint density at radius 3 is 2.58 bits per heavy atom. The molecule has 3 heterocycles. The second kappa shape index (κ2) is 10.1. The number of ether oxygens (including phenoxy) is 1. The number of pyridine rings is 2. The first-order valence-corrected chi connectivity index (χ1v) is 11.1. The first kappa shape index (κ1) is 22.9. The molecule has 1 N–H and O–H groups in total. The highest BCUT2D eigenvalue weighted by Crippen LogP contribution is 2.34. The summed E-state index contributed by atoms with van der Waals surface area (Å²) in [7, 11) is 1.58. The highest BCUT2D eigenvalue weighted by molar-refractivity contribution is 5.42. The number of hydrogen-bond donors (Lipinski definition) is 1. The summed E-state index contributed by atoms with van der Waals surface area (Å²) in [5, 5.41) is 10.9. The minimum atomic E-state index is -0.575. The van der Waals surface area contributed by atoms with Crippen LogP contribution < -0.4 is 10.5 Å². The van der Waals surface area contributed by atoms with Gasteiger partial charge in [0.05, 0.1) is 18.2 Å². The molecule has 4 rings (SSSR count). The molecule has 0 aliphatic carbocycles. The molecule has 1 atom stereocenters. The summed E-state index contributed by atoms with van der Waals surface area (Å²) in [6.45, 7) is 5.19. The minimum absolute atomic E-state index is 0.0763. The van der Waals surface area contributed by atoms with Gasteiger partial charge in [0.15, 0.2) is 0 Å². The second-order valence-electron chi connectivity index (χ2n) is 8.20. The van der Waals surface area contributed by atoms with E-state index in [2.05, 4.69) is 14.8 Å². The SMILES string of the molecule is COCCn1c(C)cc(O)c([C@H](c2cccc(F)c2)N2CCN(c3ccccn3)CC2)c1=O. The number of methoxy groups -OCH3 is 1. The number of nitrogens with zero attached hydrogens (tertiary/aromatic N) is 4. The average molecular weight is 453 g/mol. The predicted molar refractivity (Wildman–Crippen MR) is 125 cm³/mol. The molecular weight excluding hydrogens is 423 g/mol. The largest absolute Gasteiger partial charge is 0.507 e. The van der Waals surface area contributed by atoms with Crippen LogP contribution in [0.3, 0.4) is 0 Å². The van der Waals surface area contributed by atoms with E-state index in [1.807, 2.05) is 18.2 Å². The van der Waals surface area contributed by atoms with Gasteiger partial charge in [-0.25, -0.2) is 9.37 Å². The predicted octanol–water partition coefficient (Wildman–Crippen LogP) is 2.95. The number of benzene rings is 1. The second-order valence-corrected chi connectivity index (χ2v) is 8.20. The Balaban J connectivity index is 1.73. The monoisotopic (exact) mass is 452 g/mol. The molecule has 3 aromatic rings. The molecular formula is C25H29FN4O3. The van der Waals surface area contributed by atoms with Crippen molar-refractivity contribution in [2.45, 2.75) is 19.5 Å². The number of rotatable bonds is 7. The standard InChI is InChI=1S/C25H29FN4O3/c1-18-16-21(31)23(25(32)30(18)14-15-33-2)24(19-6-5-7-20(26)17-19)29-12-10-28(11-13-29)22-8-3-4-9-27-22/h3-9,16-17,24,31H,10-15H2,1-2H3/t24-/m0/s1. The lowest BCUT2D eigenvalue weighted by atomic mass is 9.96. The van der Waals surface area contributed by atoms with Crippen molar-refractivity contribution in [1.82, 2.24) is 14.5 Å². The van der Waals surface area contributed by atoms with Gasteiger partial charge in [-0.15, -0.1) is 0 Å². The molecule has 1 fully saturated rings. The molecule has 174 valence electrons. The van der Waals surface area contributed by atoms with E-state index in [0.29, 0.717) is 50.6 Å². The topological polar surface area (TPSA) is 70.8 Å². The van der Waals surface area contributed by atoms with Crippen molar-refractivity contribution in [3.63, 3.8) is 0 Å². The van der Waals surface area contributed by atoms with Crippen molar-refractivity contribution in [1.29, 1.82) is 0 Å². The first-order valence-electron chi connectivity index (χ1n) is 11.1. The number of halogens is 1. The van der Waals surface area contributed by atoms with Gasteiger partial charge in [-0.3, -0.25) is 9.69 Å². The molecule has 1 aliphatic heterocycles. The molecule has 0 spiro atoms. The fraction of sp³-hybridized carbons (Fsp3) is 0.360. The maximum absolute atomic E-state index is 14.2. The lowest BCUT2D eigenvalue weighted by Crippen LogP contribution is -2.49. The van der Waals surface area contributed by atoms with Crippen LogP contribution in [-0.4, -0.2) is 59.5 Å². The van der Waals surface area contributed by atoms with E-state index < -0.39 is 6.04 Å². The van der Waals surface area contributed by atoms with Crippen LogP contribution in [0.2, 0.25) is 0 Å². The van der Waals surface area contributed by atoms with Gasteiger partial charge in [0, 0.05) is 51.7 Å². The number of hydrogen-bond acceptors (Lipinski definition) is 6. The first-order chi connectivity index (χ1) is 16.0. The number of anilines is 1. The third-order valence-electron chi connectivity index (χ3n) is 6.13. The molecule has 0 amide bonds. The molecule has 2 aromatic heterocycles. The van der Waals surface area contributed by atoms with E-state index in [9.17, 15) is 14.3 Å². The van der Waals surface area contributed by atoms with E-state index in [4.69, 9.17) is 4.74 Å². The van der Waals surface area contributed by atoms with E-state index in [1.54, 1.807) is 43.0 Å². The summed E-state index contributed by atoms with van der Waals surface area (Å²) in [4.78, 5) is 22.3. The molecule has 0 saturated carbocycles. The van der Waals surface area contributed by atoms with Crippen molar-refractivity contribution < 1.29 is 14.2 Å². The Morgan fingerprint density at radius 1 is 1.12 bits per heavy atom. The summed E-state index contributed by atoms with van der Waals surface area (Å²) >= 11 is 0. The third-order valence-corrected chi connectivity index (χ3v) is 6.13. The van der Waals surface area contributed by atoms with Gasteiger partial charge in [0.1, 0.15) is 17.4 Å². The van der Waals surface area contributed by atoms with Gasteiger partial charge in [0.2, 0.25) is 0 Å². The van der Waals surface area contributed by atoms with Crippen LogP contribution >= 0.6 is 0 Å². The summed E-state index contributed by atoms with van der Waals surface area (Å²) in [6, 6.07) is 13.1. The summed E-state index contributed by atoms with van der Waals surface area (Å²) in [5.41, 5.74) is 1.26. The number of piperazine rings is 1. The van der Waals surface area contributed by atoms with Crippen molar-refractivity contribution in [2.24, 2.45) is 0 Å². The lowest BCUT2D eigenvalue weighted by molar-refractivity contribution is 0.183. The minimum Gasteiger partial charge on any atom is -0.507 e. The van der Waals surface area contributed by atoms with Crippen LogP contribution in [0.25, 0.3) is 0 Å². The summed E-state index contributed by atoms with van der Waals surface area (Å²) in [5.74, 6) is 0.447. The molecule has 8 heteroatoms. The Morgan fingerprint density at radius 2 is 1.91 bits per heavy atom. The van der Waals surface area contributed by atoms with E-state index in [0.717, 1.165) is 5.82 Å². The molecule has 33 heavy (non-hydrogen) atoms. The average Bonchev–Trinajstić information content (AvgIpc) is 2.82. The molecule has 0 radical (unpaired) electrons. The Kier molecular flexibility index (Phi) is 7.05. The number of aryl methyl sites for hydroxylation is 1. The van der Waals surface area contributed by atoms with Crippen LogP contribution in [0.15, 0.2) is 59.5 Å². The molecule has 7 nitrogen and oxygen atoms in total. The maximum Gasteiger partial charge on any atom is 0.259 e. The zero-order valence-electron chi connectivity index (χ0n) is 18.9. The smallest absolute Gasteiger partial charge is 0.259 e. The summed E-state index contributed by atoms with van der Waals surface area (Å²) in [6.07, 6.45) is 1.77. The van der Waals surface area contributed by atoms with Crippen LogP contribution in [-0.2, 0) is 11.3 Å². The molecule has 1 aliphatic rings. The molecule has 1 saturated heterocycles. The van der Waals surface area contributed by atoms with Crippen molar-refractivity contribution in [3.8, 4) is 5.75 Å². The van der Waals surface area contributed by atoms with Gasteiger partial charge in [0.25, 0.3) is 5.56 Å². The van der Waals surface area contributed by atoms with Crippen molar-refractivity contribution >= 4 is 5.82 Å². The van der Waals surface area contributed by atoms with E-state index in [1.165, 1.54) is 12.1 Å². The van der Waals surface area contributed by atoms with Gasteiger partial charge in [-0.1, -0.05) is 18.2 Å². The zero-order chi connectivity index (χ0) is 23.4. The number of aromatic nitrogens is 2. The van der Waals surface area contributed by atoms with Crippen molar-refractivity contribution in [2.75, 3.05) is 44.8 Å². The molecule has 0 bridgehead atoms. The third kappa shape index (κ3) is 4.91. The van der Waals surface area contributed by atoms with Crippen molar-refractivity contribution in [3.05, 3.63) is 87.7 Å². The lowest BCUT2D eigenvalue weighted by Gasteiger charge is -2.40. The number of aromatic hydroxyl groups is 1. The highest BCUT2D eigenvalue weighted by atomic mass is 19.1.